The highest BCUT2D eigenvalue weighted by molar-refractivity contribution is 7.99. The van der Waals surface area contributed by atoms with Gasteiger partial charge in [-0.25, -0.2) is 0 Å². The smallest absolute Gasteiger partial charge is 0.230 e. The van der Waals surface area contributed by atoms with Crippen molar-refractivity contribution in [3.8, 4) is 5.69 Å². The Morgan fingerprint density at radius 2 is 1.93 bits per heavy atom. The molecule has 1 N–H and O–H groups in total. The first-order valence-corrected chi connectivity index (χ1v) is 11.5. The third-order valence-electron chi connectivity index (χ3n) is 5.73. The Morgan fingerprint density at radius 1 is 1.24 bits per heavy atom. The lowest BCUT2D eigenvalue weighted by Crippen LogP contribution is -2.49. The summed E-state index contributed by atoms with van der Waals surface area (Å²) in [7, 11) is 0. The molecule has 29 heavy (non-hydrogen) atoms. The van der Waals surface area contributed by atoms with E-state index in [0.717, 1.165) is 29.9 Å². The Kier molecular flexibility index (Phi) is 7.72. The molecule has 0 radical (unpaired) electrons. The van der Waals surface area contributed by atoms with Crippen LogP contribution in [0.2, 0.25) is 0 Å². The zero-order chi connectivity index (χ0) is 20.8. The number of carbonyl (C=O) groups is 1. The summed E-state index contributed by atoms with van der Waals surface area (Å²) in [6.45, 7) is 11.8. The summed E-state index contributed by atoms with van der Waals surface area (Å²) in [6.07, 6.45) is 4.19. The Labute approximate surface area is 178 Å². The number of benzene rings is 1. The number of aromatic nitrogens is 3. The SMILES string of the molecule is Cc1ccc(-n2cnnc2SCC(=O)NCC(C(C)C)N2CCC(C)CC2)cc1. The van der Waals surface area contributed by atoms with E-state index in [-0.39, 0.29) is 5.91 Å². The Balaban J connectivity index is 1.51. The fourth-order valence-electron chi connectivity index (χ4n) is 3.75. The second kappa shape index (κ2) is 10.3. The van der Waals surface area contributed by atoms with E-state index in [0.29, 0.717) is 24.3 Å². The molecule has 1 aliphatic heterocycles. The van der Waals surface area contributed by atoms with Crippen LogP contribution in [0, 0.1) is 18.8 Å². The number of amides is 1. The van der Waals surface area contributed by atoms with Gasteiger partial charge >= 0.3 is 0 Å². The average Bonchev–Trinajstić information content (AvgIpc) is 3.17. The summed E-state index contributed by atoms with van der Waals surface area (Å²) in [4.78, 5) is 15.0. The highest BCUT2D eigenvalue weighted by atomic mass is 32.2. The molecular formula is C22H33N5OS. The van der Waals surface area contributed by atoms with Gasteiger partial charge in [-0.2, -0.15) is 0 Å². The third kappa shape index (κ3) is 6.06. The number of piperidine rings is 1. The molecule has 1 amide bonds. The molecule has 1 aromatic carbocycles. The summed E-state index contributed by atoms with van der Waals surface area (Å²) >= 11 is 1.42. The number of carbonyl (C=O) groups excluding carboxylic acids is 1. The lowest BCUT2D eigenvalue weighted by atomic mass is 9.94. The molecule has 1 aliphatic rings. The van der Waals surface area contributed by atoms with E-state index in [1.54, 1.807) is 6.33 Å². The van der Waals surface area contributed by atoms with Gasteiger partial charge in [0.05, 0.1) is 5.75 Å². The molecule has 0 aliphatic carbocycles. The molecule has 2 heterocycles. The van der Waals surface area contributed by atoms with Crippen molar-refractivity contribution in [1.29, 1.82) is 0 Å². The van der Waals surface area contributed by atoms with Gasteiger partial charge in [-0.1, -0.05) is 50.2 Å². The number of rotatable bonds is 8. The van der Waals surface area contributed by atoms with Crippen LogP contribution < -0.4 is 5.32 Å². The van der Waals surface area contributed by atoms with Gasteiger partial charge in [-0.15, -0.1) is 10.2 Å². The molecule has 158 valence electrons. The monoisotopic (exact) mass is 415 g/mol. The van der Waals surface area contributed by atoms with Crippen LogP contribution in [0.4, 0.5) is 0 Å². The van der Waals surface area contributed by atoms with Crippen molar-refractivity contribution >= 4 is 17.7 Å². The summed E-state index contributed by atoms with van der Waals surface area (Å²) in [6, 6.07) is 8.59. The van der Waals surface area contributed by atoms with Crippen molar-refractivity contribution in [2.24, 2.45) is 11.8 Å². The topological polar surface area (TPSA) is 63.1 Å². The molecule has 0 spiro atoms. The fraction of sp³-hybridized carbons (Fsp3) is 0.591. The van der Waals surface area contributed by atoms with E-state index in [4.69, 9.17) is 0 Å². The van der Waals surface area contributed by atoms with Crippen molar-refractivity contribution < 1.29 is 4.79 Å². The van der Waals surface area contributed by atoms with Gasteiger partial charge < -0.3 is 5.32 Å². The van der Waals surface area contributed by atoms with E-state index >= 15 is 0 Å². The van der Waals surface area contributed by atoms with Gasteiger partial charge in [-0.05, 0) is 56.8 Å². The van der Waals surface area contributed by atoms with Gasteiger partial charge in [-0.3, -0.25) is 14.3 Å². The standard InChI is InChI=1S/C22H33N5OS/c1-16(2)20(26-11-9-18(4)10-12-26)13-23-21(28)14-29-22-25-24-15-27(22)19-7-5-17(3)6-8-19/h5-8,15-16,18,20H,9-14H2,1-4H3,(H,23,28). The molecule has 0 bridgehead atoms. The van der Waals surface area contributed by atoms with Crippen LogP contribution in [0.15, 0.2) is 35.7 Å². The number of thioether (sulfide) groups is 1. The summed E-state index contributed by atoms with van der Waals surface area (Å²) < 4.78 is 1.92. The van der Waals surface area contributed by atoms with Crippen LogP contribution in [0.25, 0.3) is 5.69 Å². The number of hydrogen-bond acceptors (Lipinski definition) is 5. The van der Waals surface area contributed by atoms with Crippen molar-refractivity contribution in [3.05, 3.63) is 36.2 Å². The molecule has 0 saturated carbocycles. The van der Waals surface area contributed by atoms with Crippen LogP contribution >= 0.6 is 11.8 Å². The van der Waals surface area contributed by atoms with Crippen molar-refractivity contribution in [1.82, 2.24) is 25.0 Å². The second-order valence-corrected chi connectivity index (χ2v) is 9.38. The maximum absolute atomic E-state index is 12.5. The predicted molar refractivity (Wildman–Crippen MR) is 118 cm³/mol. The normalized spacial score (nSPS) is 16.9. The van der Waals surface area contributed by atoms with Crippen molar-refractivity contribution in [2.45, 2.75) is 51.7 Å². The number of hydrogen-bond donors (Lipinski definition) is 1. The van der Waals surface area contributed by atoms with Gasteiger partial charge in [0.25, 0.3) is 0 Å². The lowest BCUT2D eigenvalue weighted by Gasteiger charge is -2.38. The van der Waals surface area contributed by atoms with Crippen LogP contribution in [0.3, 0.4) is 0 Å². The number of aryl methyl sites for hydroxylation is 1. The predicted octanol–water partition coefficient (Wildman–Crippen LogP) is 3.54. The largest absolute Gasteiger partial charge is 0.354 e. The zero-order valence-electron chi connectivity index (χ0n) is 18.0. The van der Waals surface area contributed by atoms with Crippen molar-refractivity contribution in [2.75, 3.05) is 25.4 Å². The lowest BCUT2D eigenvalue weighted by molar-refractivity contribution is -0.118. The minimum absolute atomic E-state index is 0.0458. The van der Waals surface area contributed by atoms with Crippen LogP contribution in [0.1, 0.15) is 39.2 Å². The van der Waals surface area contributed by atoms with Gasteiger partial charge in [0, 0.05) is 18.3 Å². The highest BCUT2D eigenvalue weighted by Gasteiger charge is 2.26. The first kappa shape index (κ1) is 21.8. The van der Waals surface area contributed by atoms with E-state index in [2.05, 4.69) is 60.2 Å². The molecule has 1 atom stereocenters. The molecule has 3 rings (SSSR count). The van der Waals surface area contributed by atoms with Crippen molar-refractivity contribution in [3.63, 3.8) is 0 Å². The quantitative estimate of drug-likeness (QED) is 0.668. The third-order valence-corrected chi connectivity index (χ3v) is 6.67. The Bertz CT molecular complexity index is 781. The van der Waals surface area contributed by atoms with Crippen LogP contribution in [-0.4, -0.2) is 57.0 Å². The highest BCUT2D eigenvalue weighted by Crippen LogP contribution is 2.22. The molecule has 1 saturated heterocycles. The maximum atomic E-state index is 12.5. The number of likely N-dealkylation sites (tertiary alicyclic amines) is 1. The molecule has 2 aromatic rings. The molecule has 1 unspecified atom stereocenters. The fourth-order valence-corrected chi connectivity index (χ4v) is 4.51. The molecular weight excluding hydrogens is 382 g/mol. The molecule has 1 aromatic heterocycles. The van der Waals surface area contributed by atoms with E-state index < -0.39 is 0 Å². The molecule has 7 heteroatoms. The zero-order valence-corrected chi connectivity index (χ0v) is 18.8. The average molecular weight is 416 g/mol. The summed E-state index contributed by atoms with van der Waals surface area (Å²) in [5.41, 5.74) is 2.21. The summed E-state index contributed by atoms with van der Waals surface area (Å²) in [5.74, 6) is 1.72. The number of nitrogens with one attached hydrogen (secondary N) is 1. The van der Waals surface area contributed by atoms with E-state index in [1.165, 1.54) is 30.2 Å². The number of nitrogens with zero attached hydrogens (tertiary/aromatic N) is 4. The van der Waals surface area contributed by atoms with Gasteiger partial charge in [0.15, 0.2) is 5.16 Å². The Morgan fingerprint density at radius 3 is 2.59 bits per heavy atom. The first-order chi connectivity index (χ1) is 13.9. The molecule has 1 fully saturated rings. The van der Waals surface area contributed by atoms with E-state index in [9.17, 15) is 4.79 Å². The van der Waals surface area contributed by atoms with Gasteiger partial charge in [0.1, 0.15) is 6.33 Å². The van der Waals surface area contributed by atoms with Crippen LogP contribution in [0.5, 0.6) is 0 Å². The second-order valence-electron chi connectivity index (χ2n) is 8.44. The van der Waals surface area contributed by atoms with Crippen LogP contribution in [-0.2, 0) is 4.79 Å². The van der Waals surface area contributed by atoms with E-state index in [1.807, 2.05) is 16.7 Å². The Hall–Kier alpha value is -1.86. The minimum Gasteiger partial charge on any atom is -0.354 e. The minimum atomic E-state index is 0.0458. The first-order valence-electron chi connectivity index (χ1n) is 10.5. The molecule has 6 nitrogen and oxygen atoms in total. The maximum Gasteiger partial charge on any atom is 0.230 e. The van der Waals surface area contributed by atoms with Gasteiger partial charge in [0.2, 0.25) is 5.91 Å². The summed E-state index contributed by atoms with van der Waals surface area (Å²) in [5, 5.41) is 12.1.